The van der Waals surface area contributed by atoms with Gasteiger partial charge in [-0.05, 0) is 99.8 Å². The second kappa shape index (κ2) is 11.8. The highest BCUT2D eigenvalue weighted by molar-refractivity contribution is 6.10. The van der Waals surface area contributed by atoms with Crippen LogP contribution < -0.4 is 4.90 Å². The van der Waals surface area contributed by atoms with Crippen LogP contribution in [-0.2, 0) is 0 Å². The van der Waals surface area contributed by atoms with Crippen LogP contribution in [0.1, 0.15) is 0 Å². The van der Waals surface area contributed by atoms with Crippen LogP contribution in [0.25, 0.3) is 60.5 Å². The average Bonchev–Trinajstić information content (AvgIpc) is 3.50. The van der Waals surface area contributed by atoms with Crippen molar-refractivity contribution in [2.75, 3.05) is 4.90 Å². The van der Waals surface area contributed by atoms with E-state index in [1.165, 1.54) is 60.5 Å². The van der Waals surface area contributed by atoms with Crippen LogP contribution >= 0.6 is 0 Å². The van der Waals surface area contributed by atoms with Gasteiger partial charge < -0.3 is 9.47 Å². The number of nitrogens with zero attached hydrogens (tertiary/aromatic N) is 2. The summed E-state index contributed by atoms with van der Waals surface area (Å²) in [7, 11) is 0. The van der Waals surface area contributed by atoms with E-state index in [0.29, 0.717) is 0 Å². The van der Waals surface area contributed by atoms with Crippen LogP contribution in [0.2, 0.25) is 0 Å². The summed E-state index contributed by atoms with van der Waals surface area (Å²) in [4.78, 5) is 2.33. The fourth-order valence-corrected chi connectivity index (χ4v) is 7.11. The smallest absolute Gasteiger partial charge is 0.0541 e. The first-order valence-electron chi connectivity index (χ1n) is 16.4. The van der Waals surface area contributed by atoms with Crippen molar-refractivity contribution >= 4 is 49.6 Å². The highest BCUT2D eigenvalue weighted by Crippen LogP contribution is 2.40. The van der Waals surface area contributed by atoms with Crippen molar-refractivity contribution in [1.29, 1.82) is 0 Å². The van der Waals surface area contributed by atoms with Crippen molar-refractivity contribution in [3.05, 3.63) is 194 Å². The number of hydrogen-bond acceptors (Lipinski definition) is 1. The van der Waals surface area contributed by atoms with Crippen molar-refractivity contribution < 1.29 is 0 Å². The molecule has 9 rings (SSSR count). The van der Waals surface area contributed by atoms with Crippen molar-refractivity contribution in [1.82, 2.24) is 4.57 Å². The van der Waals surface area contributed by atoms with E-state index in [1.807, 2.05) is 0 Å². The van der Waals surface area contributed by atoms with Gasteiger partial charge in [-0.15, -0.1) is 0 Å². The Bertz CT molecular complexity index is 2550. The molecule has 0 aliphatic rings. The summed E-state index contributed by atoms with van der Waals surface area (Å²) >= 11 is 0. The number of rotatable bonds is 6. The molecule has 0 bridgehead atoms. The fourth-order valence-electron chi connectivity index (χ4n) is 7.11. The lowest BCUT2D eigenvalue weighted by atomic mass is 9.93. The highest BCUT2D eigenvalue weighted by atomic mass is 15.1. The van der Waals surface area contributed by atoms with Crippen LogP contribution in [0.3, 0.4) is 0 Å². The second-order valence-electron chi connectivity index (χ2n) is 12.2. The zero-order chi connectivity index (χ0) is 31.9. The second-order valence-corrected chi connectivity index (χ2v) is 12.2. The van der Waals surface area contributed by atoms with Gasteiger partial charge in [0.05, 0.1) is 11.0 Å². The van der Waals surface area contributed by atoms with Gasteiger partial charge in [-0.3, -0.25) is 0 Å². The van der Waals surface area contributed by atoms with Gasteiger partial charge in [-0.1, -0.05) is 127 Å². The largest absolute Gasteiger partial charge is 0.310 e. The standard InChI is InChI=1S/C46H32N2/c1-3-15-37(16-4-1)47(40-29-23-33-13-7-8-14-35(33)31-40)39-27-24-34(25-28-39)41-19-9-10-20-42(41)36-26-30-46-44(32-36)43-21-11-12-22-45(43)48(46)38-17-5-2-6-18-38/h1-32H. The molecule has 8 aromatic carbocycles. The molecular weight excluding hydrogens is 581 g/mol. The molecule has 0 spiro atoms. The van der Waals surface area contributed by atoms with Crippen molar-refractivity contribution in [2.45, 2.75) is 0 Å². The lowest BCUT2D eigenvalue weighted by molar-refractivity contribution is 1.18. The van der Waals surface area contributed by atoms with Gasteiger partial charge in [-0.2, -0.15) is 0 Å². The summed E-state index contributed by atoms with van der Waals surface area (Å²) in [6.45, 7) is 0. The molecular formula is C46H32N2. The third kappa shape index (κ3) is 4.83. The predicted molar refractivity (Wildman–Crippen MR) is 204 cm³/mol. The van der Waals surface area contributed by atoms with E-state index in [9.17, 15) is 0 Å². The molecule has 0 fully saturated rings. The van der Waals surface area contributed by atoms with E-state index >= 15 is 0 Å². The Hall–Kier alpha value is -6.38. The van der Waals surface area contributed by atoms with Crippen LogP contribution in [0.15, 0.2) is 194 Å². The number of aromatic nitrogens is 1. The van der Waals surface area contributed by atoms with Crippen molar-refractivity contribution in [3.8, 4) is 27.9 Å². The van der Waals surface area contributed by atoms with Gasteiger partial charge >= 0.3 is 0 Å². The first-order chi connectivity index (χ1) is 23.8. The minimum Gasteiger partial charge on any atom is -0.310 e. The van der Waals surface area contributed by atoms with Crippen molar-refractivity contribution in [2.24, 2.45) is 0 Å². The molecule has 1 aromatic heterocycles. The molecule has 0 radical (unpaired) electrons. The maximum Gasteiger partial charge on any atom is 0.0541 e. The first-order valence-corrected chi connectivity index (χ1v) is 16.4. The number of fused-ring (bicyclic) bond motifs is 4. The van der Waals surface area contributed by atoms with E-state index < -0.39 is 0 Å². The van der Waals surface area contributed by atoms with Gasteiger partial charge in [0, 0.05) is 33.5 Å². The number of hydrogen-bond donors (Lipinski definition) is 0. The van der Waals surface area contributed by atoms with Crippen LogP contribution in [0, 0.1) is 0 Å². The maximum atomic E-state index is 2.37. The molecule has 0 aliphatic heterocycles. The molecule has 0 saturated carbocycles. The van der Waals surface area contributed by atoms with E-state index in [2.05, 4.69) is 204 Å². The third-order valence-electron chi connectivity index (χ3n) is 9.37. The van der Waals surface area contributed by atoms with Crippen LogP contribution in [-0.4, -0.2) is 4.57 Å². The fraction of sp³-hybridized carbons (Fsp3) is 0. The van der Waals surface area contributed by atoms with Crippen LogP contribution in [0.4, 0.5) is 17.1 Å². The van der Waals surface area contributed by atoms with Gasteiger partial charge in [0.15, 0.2) is 0 Å². The Morgan fingerprint density at radius 1 is 0.333 bits per heavy atom. The van der Waals surface area contributed by atoms with Gasteiger partial charge in [0.25, 0.3) is 0 Å². The molecule has 226 valence electrons. The predicted octanol–water partition coefficient (Wildman–Crippen LogP) is 12.7. The Kier molecular flexibility index (Phi) is 6.84. The Morgan fingerprint density at radius 3 is 1.69 bits per heavy atom. The molecule has 0 unspecified atom stereocenters. The molecule has 0 saturated heterocycles. The van der Waals surface area contributed by atoms with Crippen molar-refractivity contribution in [3.63, 3.8) is 0 Å². The average molecular weight is 613 g/mol. The molecule has 1 heterocycles. The summed E-state index contributed by atoms with van der Waals surface area (Å²) < 4.78 is 2.37. The quantitative estimate of drug-likeness (QED) is 0.181. The van der Waals surface area contributed by atoms with Gasteiger partial charge in [-0.25, -0.2) is 0 Å². The zero-order valence-corrected chi connectivity index (χ0v) is 26.4. The first kappa shape index (κ1) is 27.9. The molecule has 0 aliphatic carbocycles. The van der Waals surface area contributed by atoms with E-state index in [0.717, 1.165) is 17.1 Å². The minimum absolute atomic E-state index is 1.12. The lowest BCUT2D eigenvalue weighted by Crippen LogP contribution is -2.09. The lowest BCUT2D eigenvalue weighted by Gasteiger charge is -2.26. The summed E-state index contributed by atoms with van der Waals surface area (Å²) in [6, 6.07) is 69.8. The van der Waals surface area contributed by atoms with Crippen LogP contribution in [0.5, 0.6) is 0 Å². The molecule has 0 amide bonds. The summed E-state index contributed by atoms with van der Waals surface area (Å²) in [5, 5.41) is 4.98. The SMILES string of the molecule is c1ccc(N(c2ccc(-c3ccccc3-c3ccc4c(c3)c3ccccc3n4-c3ccccc3)cc2)c2ccc3ccccc3c2)cc1. The topological polar surface area (TPSA) is 8.17 Å². The highest BCUT2D eigenvalue weighted by Gasteiger charge is 2.16. The molecule has 0 N–H and O–H groups in total. The van der Waals surface area contributed by atoms with Gasteiger partial charge in [0.1, 0.15) is 0 Å². The summed E-state index contributed by atoms with van der Waals surface area (Å²) in [6.07, 6.45) is 0. The molecule has 0 atom stereocenters. The summed E-state index contributed by atoms with van der Waals surface area (Å²) in [5.74, 6) is 0. The summed E-state index contributed by atoms with van der Waals surface area (Å²) in [5.41, 5.74) is 11.8. The number of para-hydroxylation sites is 3. The number of anilines is 3. The molecule has 9 aromatic rings. The van der Waals surface area contributed by atoms with E-state index in [4.69, 9.17) is 0 Å². The maximum absolute atomic E-state index is 2.37. The molecule has 2 nitrogen and oxygen atoms in total. The molecule has 2 heteroatoms. The monoisotopic (exact) mass is 612 g/mol. The Morgan fingerprint density at radius 2 is 0.896 bits per heavy atom. The minimum atomic E-state index is 1.12. The number of benzene rings is 8. The van der Waals surface area contributed by atoms with E-state index in [-0.39, 0.29) is 0 Å². The normalized spacial score (nSPS) is 11.3. The molecule has 48 heavy (non-hydrogen) atoms. The van der Waals surface area contributed by atoms with Gasteiger partial charge in [0.2, 0.25) is 0 Å². The van der Waals surface area contributed by atoms with E-state index in [1.54, 1.807) is 0 Å². The zero-order valence-electron chi connectivity index (χ0n) is 26.4. The third-order valence-corrected chi connectivity index (χ3v) is 9.37. The Labute approximate surface area is 280 Å². The Balaban J connectivity index is 1.13.